The third-order valence-electron chi connectivity index (χ3n) is 8.19. The van der Waals surface area contributed by atoms with E-state index >= 15 is 0 Å². The van der Waals surface area contributed by atoms with Crippen LogP contribution in [-0.4, -0.2) is 0 Å². The van der Waals surface area contributed by atoms with E-state index in [9.17, 15) is 0 Å². The largest absolute Gasteiger partial charge is 0.0726 e. The van der Waals surface area contributed by atoms with E-state index in [2.05, 4.69) is 153 Å². The van der Waals surface area contributed by atoms with Gasteiger partial charge in [-0.15, -0.1) is 0 Å². The highest BCUT2D eigenvalue weighted by atomic mass is 79.9. The zero-order valence-electron chi connectivity index (χ0n) is 19.8. The van der Waals surface area contributed by atoms with Gasteiger partial charge in [0.2, 0.25) is 0 Å². The molecule has 2 aliphatic carbocycles. The lowest BCUT2D eigenvalue weighted by atomic mass is 9.70. The van der Waals surface area contributed by atoms with Crippen LogP contribution in [-0.2, 0) is 5.41 Å². The van der Waals surface area contributed by atoms with Crippen LogP contribution in [0, 0.1) is 0 Å². The Morgan fingerprint density at radius 2 is 0.865 bits per heavy atom. The molecule has 0 fully saturated rings. The third kappa shape index (κ3) is 2.89. The highest BCUT2D eigenvalue weighted by molar-refractivity contribution is 9.10. The number of benzene rings is 6. The molecular weight excluding hydrogens is 580 g/mol. The average molecular weight is 600 g/mol. The predicted octanol–water partition coefficient (Wildman–Crippen LogP) is 10.4. The molecule has 2 heteroatoms. The maximum absolute atomic E-state index is 3.80. The Balaban J connectivity index is 1.45. The predicted molar refractivity (Wildman–Crippen MR) is 161 cm³/mol. The molecule has 8 rings (SSSR count). The summed E-state index contributed by atoms with van der Waals surface area (Å²) in [6, 6.07) is 45.0. The molecule has 6 aromatic rings. The highest BCUT2D eigenvalue weighted by Crippen LogP contribution is 2.63. The van der Waals surface area contributed by atoms with Crippen LogP contribution in [0.1, 0.15) is 22.3 Å². The van der Waals surface area contributed by atoms with Crippen molar-refractivity contribution in [1.29, 1.82) is 0 Å². The van der Waals surface area contributed by atoms with Crippen molar-refractivity contribution in [2.24, 2.45) is 0 Å². The Kier molecular flexibility index (Phi) is 4.54. The first-order valence-electron chi connectivity index (χ1n) is 12.5. The zero-order chi connectivity index (χ0) is 24.7. The Labute approximate surface area is 232 Å². The SMILES string of the molecule is Brc1ccc2c(c1)C1(c3ccccc3-c3ccccc31)c1cc(-c3ccc4cc(Br)ccc4c3)ccc1-2. The first-order chi connectivity index (χ1) is 18.1. The first-order valence-corrected chi connectivity index (χ1v) is 14.1. The normalized spacial score (nSPS) is 13.9. The summed E-state index contributed by atoms with van der Waals surface area (Å²) < 4.78 is 2.22. The number of hydrogen-bond acceptors (Lipinski definition) is 0. The van der Waals surface area contributed by atoms with Gasteiger partial charge < -0.3 is 0 Å². The Bertz CT molecular complexity index is 1870. The van der Waals surface area contributed by atoms with E-state index in [1.54, 1.807) is 0 Å². The molecular formula is C35H20Br2. The number of hydrogen-bond donors (Lipinski definition) is 0. The molecule has 0 aromatic heterocycles. The van der Waals surface area contributed by atoms with Crippen molar-refractivity contribution in [3.8, 4) is 33.4 Å². The quantitative estimate of drug-likeness (QED) is 0.176. The van der Waals surface area contributed by atoms with Crippen molar-refractivity contribution in [1.82, 2.24) is 0 Å². The van der Waals surface area contributed by atoms with Crippen molar-refractivity contribution in [2.75, 3.05) is 0 Å². The molecule has 0 unspecified atom stereocenters. The third-order valence-corrected chi connectivity index (χ3v) is 9.17. The van der Waals surface area contributed by atoms with Crippen molar-refractivity contribution < 1.29 is 0 Å². The van der Waals surface area contributed by atoms with E-state index in [1.807, 2.05) is 0 Å². The van der Waals surface area contributed by atoms with Gasteiger partial charge in [-0.2, -0.15) is 0 Å². The molecule has 1 spiro atoms. The van der Waals surface area contributed by atoms with Gasteiger partial charge in [-0.25, -0.2) is 0 Å². The molecule has 0 aliphatic heterocycles. The summed E-state index contributed by atoms with van der Waals surface area (Å²) in [5.74, 6) is 0. The second kappa shape index (κ2) is 7.77. The fourth-order valence-corrected chi connectivity index (χ4v) is 7.43. The Hall–Kier alpha value is -3.46. The fraction of sp³-hybridized carbons (Fsp3) is 0.0286. The first kappa shape index (κ1) is 21.6. The monoisotopic (exact) mass is 598 g/mol. The van der Waals surface area contributed by atoms with Gasteiger partial charge in [0.05, 0.1) is 5.41 Å². The molecule has 0 saturated carbocycles. The van der Waals surface area contributed by atoms with E-state index < -0.39 is 0 Å². The molecule has 0 atom stereocenters. The van der Waals surface area contributed by atoms with E-state index in [4.69, 9.17) is 0 Å². The topological polar surface area (TPSA) is 0 Å². The average Bonchev–Trinajstić information content (AvgIpc) is 3.39. The van der Waals surface area contributed by atoms with Gasteiger partial charge >= 0.3 is 0 Å². The minimum absolute atomic E-state index is 0.334. The summed E-state index contributed by atoms with van der Waals surface area (Å²) >= 11 is 7.40. The lowest BCUT2D eigenvalue weighted by Crippen LogP contribution is -2.25. The summed E-state index contributed by atoms with van der Waals surface area (Å²) in [4.78, 5) is 0. The summed E-state index contributed by atoms with van der Waals surface area (Å²) in [6.45, 7) is 0. The Morgan fingerprint density at radius 1 is 0.378 bits per heavy atom. The van der Waals surface area contributed by atoms with Gasteiger partial charge in [0.1, 0.15) is 0 Å². The van der Waals surface area contributed by atoms with Crippen LogP contribution in [0.25, 0.3) is 44.2 Å². The molecule has 0 bridgehead atoms. The standard InChI is InChI=1S/C35H20Br2/c36-25-13-11-22-17-21(9-10-23(22)18-25)24-12-15-29-30-16-14-26(37)20-34(30)35(33(29)19-24)31-7-3-1-5-27(31)28-6-2-4-8-32(28)35/h1-20H. The molecule has 6 aromatic carbocycles. The smallest absolute Gasteiger partial charge is 0.0619 e. The second-order valence-corrected chi connectivity index (χ2v) is 11.8. The maximum atomic E-state index is 3.80. The highest BCUT2D eigenvalue weighted by Gasteiger charge is 2.51. The van der Waals surface area contributed by atoms with Crippen LogP contribution in [0.2, 0.25) is 0 Å². The lowest BCUT2D eigenvalue weighted by Gasteiger charge is -2.30. The van der Waals surface area contributed by atoms with Gasteiger partial charge in [0.15, 0.2) is 0 Å². The molecule has 174 valence electrons. The minimum atomic E-state index is -0.334. The molecule has 0 N–H and O–H groups in total. The fourth-order valence-electron chi connectivity index (χ4n) is 6.69. The molecule has 2 aliphatic rings. The number of rotatable bonds is 1. The molecule has 0 radical (unpaired) electrons. The maximum Gasteiger partial charge on any atom is 0.0726 e. The number of halogens is 2. The van der Waals surface area contributed by atoms with Gasteiger partial charge in [0, 0.05) is 8.95 Å². The summed E-state index contributed by atoms with van der Waals surface area (Å²) in [5.41, 5.74) is 12.9. The summed E-state index contributed by atoms with van der Waals surface area (Å²) in [5, 5.41) is 2.49. The zero-order valence-corrected chi connectivity index (χ0v) is 23.0. The molecule has 0 nitrogen and oxygen atoms in total. The summed E-state index contributed by atoms with van der Waals surface area (Å²) in [6.07, 6.45) is 0. The van der Waals surface area contributed by atoms with Gasteiger partial charge in [-0.3, -0.25) is 0 Å². The van der Waals surface area contributed by atoms with Crippen molar-refractivity contribution in [3.63, 3.8) is 0 Å². The van der Waals surface area contributed by atoms with E-state index in [1.165, 1.54) is 66.4 Å². The molecule has 37 heavy (non-hydrogen) atoms. The number of fused-ring (bicyclic) bond motifs is 11. The summed E-state index contributed by atoms with van der Waals surface area (Å²) in [7, 11) is 0. The van der Waals surface area contributed by atoms with E-state index in [0.29, 0.717) is 0 Å². The van der Waals surface area contributed by atoms with Gasteiger partial charge in [0.25, 0.3) is 0 Å². The molecule has 0 amide bonds. The van der Waals surface area contributed by atoms with E-state index in [0.717, 1.165) is 8.95 Å². The van der Waals surface area contributed by atoms with Crippen molar-refractivity contribution in [3.05, 3.63) is 153 Å². The van der Waals surface area contributed by atoms with Gasteiger partial charge in [-0.05, 0) is 103 Å². The molecule has 0 heterocycles. The van der Waals surface area contributed by atoms with Crippen LogP contribution >= 0.6 is 31.9 Å². The van der Waals surface area contributed by atoms with Gasteiger partial charge in [-0.1, -0.05) is 117 Å². The van der Waals surface area contributed by atoms with Crippen molar-refractivity contribution in [2.45, 2.75) is 5.41 Å². The van der Waals surface area contributed by atoms with Crippen molar-refractivity contribution >= 4 is 42.6 Å². The van der Waals surface area contributed by atoms with Crippen LogP contribution < -0.4 is 0 Å². The second-order valence-electron chi connectivity index (χ2n) is 10.00. The molecule has 0 saturated heterocycles. The van der Waals surface area contributed by atoms with Crippen LogP contribution in [0.5, 0.6) is 0 Å². The lowest BCUT2D eigenvalue weighted by molar-refractivity contribution is 0.793. The van der Waals surface area contributed by atoms with Crippen LogP contribution in [0.15, 0.2) is 130 Å². The van der Waals surface area contributed by atoms with E-state index in [-0.39, 0.29) is 5.41 Å². The Morgan fingerprint density at radius 3 is 1.62 bits per heavy atom. The van der Waals surface area contributed by atoms with Crippen LogP contribution in [0.3, 0.4) is 0 Å². The van der Waals surface area contributed by atoms with Crippen LogP contribution in [0.4, 0.5) is 0 Å². The minimum Gasteiger partial charge on any atom is -0.0619 e.